The highest BCUT2D eigenvalue weighted by molar-refractivity contribution is 8.09. The summed E-state index contributed by atoms with van der Waals surface area (Å²) >= 11 is 6.21. The van der Waals surface area contributed by atoms with Crippen LogP contribution in [0, 0.1) is 0 Å². The Kier molecular flexibility index (Phi) is 5.77. The molecule has 8 nitrogen and oxygen atoms in total. The van der Waals surface area contributed by atoms with Gasteiger partial charge in [-0.3, -0.25) is 4.79 Å². The fourth-order valence-corrected chi connectivity index (χ4v) is 6.84. The highest BCUT2D eigenvalue weighted by Gasteiger charge is 2.30. The van der Waals surface area contributed by atoms with Crippen molar-refractivity contribution >= 4 is 48.1 Å². The largest absolute Gasteiger partial charge is 0.279 e. The zero-order valence-corrected chi connectivity index (χ0v) is 19.9. The first-order valence-corrected chi connectivity index (χ1v) is 13.6. The molecular weight excluding hydrogens is 486 g/mol. The lowest BCUT2D eigenvalue weighted by Gasteiger charge is -2.21. The molecule has 0 fully saturated rings. The second kappa shape index (κ2) is 8.29. The summed E-state index contributed by atoms with van der Waals surface area (Å²) in [6.07, 6.45) is 1.56. The van der Waals surface area contributed by atoms with Gasteiger partial charge in [0.1, 0.15) is 0 Å². The molecule has 0 spiro atoms. The molecule has 11 heteroatoms. The Balaban J connectivity index is 2.06. The molecular formula is C22H18ClN3O5S2. The van der Waals surface area contributed by atoms with E-state index in [0.717, 1.165) is 12.5 Å². The van der Waals surface area contributed by atoms with Crippen LogP contribution >= 0.6 is 11.6 Å². The average molecular weight is 504 g/mol. The van der Waals surface area contributed by atoms with Crippen molar-refractivity contribution in [3.05, 3.63) is 88.2 Å². The van der Waals surface area contributed by atoms with Gasteiger partial charge in [-0.25, -0.2) is 16.8 Å². The molecule has 0 aliphatic carbocycles. The second-order valence-corrected chi connectivity index (χ2v) is 11.6. The highest BCUT2D eigenvalue weighted by Crippen LogP contribution is 2.35. The summed E-state index contributed by atoms with van der Waals surface area (Å²) < 4.78 is 50.7. The van der Waals surface area contributed by atoms with Gasteiger partial charge in [0.15, 0.2) is 0 Å². The fourth-order valence-electron chi connectivity index (χ4n) is 3.55. The summed E-state index contributed by atoms with van der Waals surface area (Å²) in [7, 11) is -8.42. The Morgan fingerprint density at radius 3 is 2.00 bits per heavy atom. The Bertz CT molecular complexity index is 1620. The van der Waals surface area contributed by atoms with Crippen molar-refractivity contribution in [1.29, 1.82) is 0 Å². The number of benzene rings is 3. The van der Waals surface area contributed by atoms with E-state index in [1.165, 1.54) is 16.8 Å². The lowest BCUT2D eigenvalue weighted by atomic mass is 10.0. The molecule has 0 saturated heterocycles. The summed E-state index contributed by atoms with van der Waals surface area (Å²) in [5, 5.41) is 5.38. The van der Waals surface area contributed by atoms with Gasteiger partial charge in [0.05, 0.1) is 40.0 Å². The van der Waals surface area contributed by atoms with Crippen molar-refractivity contribution in [2.75, 3.05) is 16.2 Å². The zero-order chi connectivity index (χ0) is 24.0. The maximum Gasteiger partial charge on any atom is 0.279 e. The number of nitrogens with zero attached hydrogens (tertiary/aromatic N) is 3. The van der Waals surface area contributed by atoms with Crippen LogP contribution in [-0.2, 0) is 20.0 Å². The molecule has 4 rings (SSSR count). The van der Waals surface area contributed by atoms with E-state index in [1.807, 2.05) is 6.07 Å². The van der Waals surface area contributed by atoms with E-state index < -0.39 is 20.0 Å². The van der Waals surface area contributed by atoms with Gasteiger partial charge in [0.25, 0.3) is 5.56 Å². The van der Waals surface area contributed by atoms with Crippen molar-refractivity contribution in [2.24, 2.45) is 0 Å². The van der Waals surface area contributed by atoms with Crippen molar-refractivity contribution < 1.29 is 16.8 Å². The van der Waals surface area contributed by atoms with Gasteiger partial charge >= 0.3 is 0 Å². The third-order valence-corrected chi connectivity index (χ3v) is 8.37. The number of aromatic nitrogens is 2. The van der Waals surface area contributed by atoms with Crippen LogP contribution in [0.4, 0.5) is 5.69 Å². The molecule has 0 aliphatic rings. The predicted molar refractivity (Wildman–Crippen MR) is 130 cm³/mol. The number of fused-ring (bicyclic) bond motifs is 1. The number of anilines is 1. The molecule has 0 radical (unpaired) electrons. The molecule has 33 heavy (non-hydrogen) atoms. The van der Waals surface area contributed by atoms with Gasteiger partial charge in [0.2, 0.25) is 20.0 Å². The third-order valence-electron chi connectivity index (χ3n) is 4.82. The number of halogens is 1. The molecule has 0 saturated carbocycles. The minimum absolute atomic E-state index is 0.0738. The van der Waals surface area contributed by atoms with Gasteiger partial charge in [-0.2, -0.15) is 13.5 Å². The van der Waals surface area contributed by atoms with Crippen molar-refractivity contribution in [3.8, 4) is 16.9 Å². The summed E-state index contributed by atoms with van der Waals surface area (Å²) in [6.45, 7) is 0. The van der Waals surface area contributed by atoms with Crippen LogP contribution in [0.2, 0.25) is 5.02 Å². The van der Waals surface area contributed by atoms with Gasteiger partial charge in [0, 0.05) is 10.9 Å². The standard InChI is InChI=1S/C22H18ClN3O5S2/c1-32(28,29)26(33(2,30)31)20-14-15(12-13-19(20)23)21-17-10-6-7-11-18(17)22(27)25(24-21)16-8-4-3-5-9-16/h3-14H,1-2H3. The van der Waals surface area contributed by atoms with Crippen molar-refractivity contribution in [3.63, 3.8) is 0 Å². The lowest BCUT2D eigenvalue weighted by molar-refractivity contribution is 0.590. The zero-order valence-electron chi connectivity index (χ0n) is 17.5. The highest BCUT2D eigenvalue weighted by atomic mass is 35.5. The van der Waals surface area contributed by atoms with E-state index in [4.69, 9.17) is 11.6 Å². The Morgan fingerprint density at radius 1 is 0.818 bits per heavy atom. The molecule has 0 aliphatic heterocycles. The smallest absolute Gasteiger partial charge is 0.267 e. The fraction of sp³-hybridized carbons (Fsp3) is 0.0909. The average Bonchev–Trinajstić information content (AvgIpc) is 2.74. The van der Waals surface area contributed by atoms with Crippen LogP contribution in [0.1, 0.15) is 0 Å². The van der Waals surface area contributed by atoms with E-state index in [9.17, 15) is 21.6 Å². The van der Waals surface area contributed by atoms with Gasteiger partial charge in [-0.05, 0) is 30.3 Å². The van der Waals surface area contributed by atoms with Crippen molar-refractivity contribution in [2.45, 2.75) is 0 Å². The monoisotopic (exact) mass is 503 g/mol. The number of hydrogen-bond acceptors (Lipinski definition) is 6. The molecule has 1 aromatic heterocycles. The molecule has 1 heterocycles. The maximum absolute atomic E-state index is 13.1. The predicted octanol–water partition coefficient (Wildman–Crippen LogP) is 3.43. The lowest BCUT2D eigenvalue weighted by Crippen LogP contribution is -2.35. The first-order valence-electron chi connectivity index (χ1n) is 9.56. The topological polar surface area (TPSA) is 106 Å². The van der Waals surface area contributed by atoms with Gasteiger partial charge < -0.3 is 0 Å². The number of sulfonamides is 2. The maximum atomic E-state index is 13.1. The van der Waals surface area contributed by atoms with Crippen LogP contribution in [0.25, 0.3) is 27.7 Å². The number of para-hydroxylation sites is 1. The molecule has 4 aromatic rings. The normalized spacial score (nSPS) is 12.1. The summed E-state index contributed by atoms with van der Waals surface area (Å²) in [5.41, 5.74) is 0.713. The minimum Gasteiger partial charge on any atom is -0.267 e. The van der Waals surface area contributed by atoms with Crippen LogP contribution in [0.5, 0.6) is 0 Å². The minimum atomic E-state index is -4.21. The summed E-state index contributed by atoms with van der Waals surface area (Å²) in [5.74, 6) is 0. The van der Waals surface area contributed by atoms with Crippen LogP contribution in [-0.4, -0.2) is 39.1 Å². The van der Waals surface area contributed by atoms with Gasteiger partial charge in [-0.1, -0.05) is 54.1 Å². The van der Waals surface area contributed by atoms with Crippen LogP contribution in [0.15, 0.2) is 77.6 Å². The SMILES string of the molecule is CS(=O)(=O)N(c1cc(-c2nn(-c3ccccc3)c(=O)c3ccccc23)ccc1Cl)S(C)(=O)=O. The molecule has 0 unspecified atom stereocenters. The molecule has 0 bridgehead atoms. The Morgan fingerprint density at radius 2 is 1.39 bits per heavy atom. The number of hydrogen-bond donors (Lipinski definition) is 0. The van der Waals surface area contributed by atoms with Crippen LogP contribution in [0.3, 0.4) is 0 Å². The molecule has 170 valence electrons. The second-order valence-electron chi connectivity index (χ2n) is 7.34. The molecule has 0 amide bonds. The quantitative estimate of drug-likeness (QED) is 0.413. The van der Waals surface area contributed by atoms with Crippen LogP contribution < -0.4 is 9.27 Å². The Hall–Kier alpha value is -3.21. The molecule has 3 aromatic carbocycles. The summed E-state index contributed by atoms with van der Waals surface area (Å²) in [4.78, 5) is 13.1. The third kappa shape index (κ3) is 4.37. The molecule has 0 N–H and O–H groups in total. The summed E-state index contributed by atoms with van der Waals surface area (Å²) in [6, 6.07) is 20.0. The Labute approximate surface area is 195 Å². The van der Waals surface area contributed by atoms with E-state index in [-0.39, 0.29) is 20.0 Å². The molecule has 0 atom stereocenters. The number of rotatable bonds is 5. The first kappa shape index (κ1) is 23.0. The van der Waals surface area contributed by atoms with E-state index >= 15 is 0 Å². The van der Waals surface area contributed by atoms with Gasteiger partial charge in [-0.15, -0.1) is 0 Å². The van der Waals surface area contributed by atoms with E-state index in [1.54, 1.807) is 54.6 Å². The first-order chi connectivity index (χ1) is 15.5. The van der Waals surface area contributed by atoms with Crippen molar-refractivity contribution in [1.82, 2.24) is 9.78 Å². The van der Waals surface area contributed by atoms with E-state index in [2.05, 4.69) is 5.10 Å². The van der Waals surface area contributed by atoms with E-state index in [0.29, 0.717) is 27.7 Å².